The molecule has 1 aromatic heterocycles. The Hall–Kier alpha value is -2.60. The van der Waals surface area contributed by atoms with Crippen molar-refractivity contribution in [3.8, 4) is 11.3 Å². The fraction of sp³-hybridized carbons (Fsp3) is 0.238. The zero-order chi connectivity index (χ0) is 19.6. The van der Waals surface area contributed by atoms with Crippen molar-refractivity contribution in [1.82, 2.24) is 0 Å². The van der Waals surface area contributed by atoms with Crippen molar-refractivity contribution >= 4 is 15.5 Å². The first-order chi connectivity index (χ1) is 12.7. The number of nitrogens with one attached hydrogen (secondary N) is 1. The third-order valence-electron chi connectivity index (χ3n) is 4.51. The van der Waals surface area contributed by atoms with Crippen LogP contribution < -0.4 is 5.32 Å². The Balaban J connectivity index is 1.76. The van der Waals surface area contributed by atoms with Gasteiger partial charge < -0.3 is 9.73 Å². The predicted octanol–water partition coefficient (Wildman–Crippen LogP) is 4.86. The molecule has 1 heterocycles. The molecule has 0 bridgehead atoms. The Labute approximate surface area is 159 Å². The highest BCUT2D eigenvalue weighted by Crippen LogP contribution is 2.28. The number of halogens is 1. The van der Waals surface area contributed by atoms with E-state index in [2.05, 4.69) is 5.32 Å². The SMILES string of the molecule is Cc1c(CS(C)(=O)=O)cccc1NCc1ccc(-c2cccc(F)c2C)o1. The van der Waals surface area contributed by atoms with Gasteiger partial charge in [-0.25, -0.2) is 12.8 Å². The van der Waals surface area contributed by atoms with Crippen LogP contribution in [-0.2, 0) is 22.1 Å². The molecule has 3 rings (SSSR count). The van der Waals surface area contributed by atoms with Crippen LogP contribution in [-0.4, -0.2) is 14.7 Å². The Bertz CT molecular complexity index is 1070. The number of hydrogen-bond acceptors (Lipinski definition) is 4. The highest BCUT2D eigenvalue weighted by molar-refractivity contribution is 7.89. The van der Waals surface area contributed by atoms with E-state index in [1.54, 1.807) is 13.0 Å². The van der Waals surface area contributed by atoms with Crippen molar-refractivity contribution in [3.05, 3.63) is 76.8 Å². The Kier molecular flexibility index (Phi) is 5.37. The molecule has 0 saturated carbocycles. The first-order valence-corrected chi connectivity index (χ1v) is 10.6. The highest BCUT2D eigenvalue weighted by atomic mass is 32.2. The zero-order valence-corrected chi connectivity index (χ0v) is 16.4. The average molecular weight is 387 g/mol. The molecule has 27 heavy (non-hydrogen) atoms. The summed E-state index contributed by atoms with van der Waals surface area (Å²) in [5, 5.41) is 3.28. The van der Waals surface area contributed by atoms with Crippen LogP contribution in [0.1, 0.15) is 22.5 Å². The largest absolute Gasteiger partial charge is 0.459 e. The van der Waals surface area contributed by atoms with Crippen LogP contribution in [0.15, 0.2) is 52.9 Å². The maximum atomic E-state index is 13.7. The van der Waals surface area contributed by atoms with E-state index in [1.807, 2.05) is 43.3 Å². The third kappa shape index (κ3) is 4.57. The van der Waals surface area contributed by atoms with Gasteiger partial charge in [0.2, 0.25) is 0 Å². The molecule has 6 heteroatoms. The summed E-state index contributed by atoms with van der Waals surface area (Å²) in [4.78, 5) is 0. The summed E-state index contributed by atoms with van der Waals surface area (Å²) >= 11 is 0. The second-order valence-corrected chi connectivity index (χ2v) is 8.83. The van der Waals surface area contributed by atoms with Crippen molar-refractivity contribution in [2.45, 2.75) is 26.1 Å². The average Bonchev–Trinajstić information content (AvgIpc) is 3.06. The second kappa shape index (κ2) is 7.56. The predicted molar refractivity (Wildman–Crippen MR) is 106 cm³/mol. The molecule has 0 fully saturated rings. The Morgan fingerprint density at radius 2 is 1.74 bits per heavy atom. The lowest BCUT2D eigenvalue weighted by Crippen LogP contribution is -2.06. The maximum absolute atomic E-state index is 13.7. The van der Waals surface area contributed by atoms with Crippen molar-refractivity contribution in [2.75, 3.05) is 11.6 Å². The number of furan rings is 1. The topological polar surface area (TPSA) is 59.3 Å². The lowest BCUT2D eigenvalue weighted by Gasteiger charge is -2.12. The molecule has 0 radical (unpaired) electrons. The van der Waals surface area contributed by atoms with Gasteiger partial charge in [-0.3, -0.25) is 0 Å². The first-order valence-electron chi connectivity index (χ1n) is 8.59. The zero-order valence-electron chi connectivity index (χ0n) is 15.5. The summed E-state index contributed by atoms with van der Waals surface area (Å²) in [7, 11) is -3.10. The van der Waals surface area contributed by atoms with E-state index < -0.39 is 9.84 Å². The minimum Gasteiger partial charge on any atom is -0.459 e. The molecule has 142 valence electrons. The molecule has 3 aromatic rings. The van der Waals surface area contributed by atoms with Crippen molar-refractivity contribution in [3.63, 3.8) is 0 Å². The van der Waals surface area contributed by atoms with E-state index in [4.69, 9.17) is 4.42 Å². The molecule has 0 aliphatic heterocycles. The van der Waals surface area contributed by atoms with Crippen molar-refractivity contribution < 1.29 is 17.2 Å². The van der Waals surface area contributed by atoms with Gasteiger partial charge in [0.1, 0.15) is 17.3 Å². The number of rotatable bonds is 6. The highest BCUT2D eigenvalue weighted by Gasteiger charge is 2.12. The Morgan fingerprint density at radius 1 is 1.00 bits per heavy atom. The maximum Gasteiger partial charge on any atom is 0.151 e. The van der Waals surface area contributed by atoms with Gasteiger partial charge >= 0.3 is 0 Å². The minimum atomic E-state index is -3.10. The van der Waals surface area contributed by atoms with Crippen LogP contribution in [0.3, 0.4) is 0 Å². The van der Waals surface area contributed by atoms with E-state index in [-0.39, 0.29) is 11.6 Å². The number of hydrogen-bond donors (Lipinski definition) is 1. The molecule has 0 aliphatic rings. The van der Waals surface area contributed by atoms with Crippen LogP contribution in [0, 0.1) is 19.7 Å². The van der Waals surface area contributed by atoms with E-state index in [1.165, 1.54) is 12.3 Å². The number of benzene rings is 2. The van der Waals surface area contributed by atoms with Gasteiger partial charge in [-0.1, -0.05) is 24.3 Å². The molecule has 0 amide bonds. The molecular formula is C21H22FNO3S. The van der Waals surface area contributed by atoms with Gasteiger partial charge in [0.05, 0.1) is 12.3 Å². The summed E-state index contributed by atoms with van der Waals surface area (Å²) in [6.45, 7) is 4.06. The van der Waals surface area contributed by atoms with Crippen LogP contribution in [0.25, 0.3) is 11.3 Å². The van der Waals surface area contributed by atoms with Gasteiger partial charge in [0.15, 0.2) is 9.84 Å². The van der Waals surface area contributed by atoms with Gasteiger partial charge in [0.25, 0.3) is 0 Å². The summed E-state index contributed by atoms with van der Waals surface area (Å²) in [6.07, 6.45) is 1.23. The van der Waals surface area contributed by atoms with Crippen LogP contribution >= 0.6 is 0 Å². The lowest BCUT2D eigenvalue weighted by atomic mass is 10.1. The molecule has 0 aliphatic carbocycles. The lowest BCUT2D eigenvalue weighted by molar-refractivity contribution is 0.530. The van der Waals surface area contributed by atoms with Crippen LogP contribution in [0.4, 0.5) is 10.1 Å². The monoisotopic (exact) mass is 387 g/mol. The quantitative estimate of drug-likeness (QED) is 0.656. The summed E-state index contributed by atoms with van der Waals surface area (Å²) in [5.41, 5.74) is 3.81. The standard InChI is InChI=1S/C21H22FNO3S/c1-14-16(13-27(3,24)25)6-4-9-20(14)23-12-17-10-11-21(26-17)18-7-5-8-19(22)15(18)2/h4-11,23H,12-13H2,1-3H3. The fourth-order valence-electron chi connectivity index (χ4n) is 2.99. The molecular weight excluding hydrogens is 365 g/mol. The molecule has 0 spiro atoms. The van der Waals surface area contributed by atoms with Gasteiger partial charge in [-0.05, 0) is 54.8 Å². The van der Waals surface area contributed by atoms with E-state index in [0.717, 1.165) is 22.4 Å². The molecule has 0 atom stereocenters. The van der Waals surface area contributed by atoms with E-state index in [0.29, 0.717) is 23.6 Å². The number of anilines is 1. The fourth-order valence-corrected chi connectivity index (χ4v) is 3.87. The summed E-state index contributed by atoms with van der Waals surface area (Å²) in [5.74, 6) is 1.08. The smallest absolute Gasteiger partial charge is 0.151 e. The molecule has 1 N–H and O–H groups in total. The Morgan fingerprint density at radius 3 is 2.48 bits per heavy atom. The van der Waals surface area contributed by atoms with Gasteiger partial charge in [0, 0.05) is 17.5 Å². The second-order valence-electron chi connectivity index (χ2n) is 6.69. The number of sulfone groups is 1. The molecule has 0 unspecified atom stereocenters. The summed E-state index contributed by atoms with van der Waals surface area (Å²) < 4.78 is 42.7. The normalized spacial score (nSPS) is 11.6. The van der Waals surface area contributed by atoms with Crippen LogP contribution in [0.2, 0.25) is 0 Å². The van der Waals surface area contributed by atoms with E-state index >= 15 is 0 Å². The van der Waals surface area contributed by atoms with Gasteiger partial charge in [-0.2, -0.15) is 0 Å². The molecule has 2 aromatic carbocycles. The minimum absolute atomic E-state index is 0.0120. The van der Waals surface area contributed by atoms with Crippen LogP contribution in [0.5, 0.6) is 0 Å². The summed E-state index contributed by atoms with van der Waals surface area (Å²) in [6, 6.07) is 14.1. The third-order valence-corrected chi connectivity index (χ3v) is 5.35. The molecule has 0 saturated heterocycles. The molecule has 4 nitrogen and oxygen atoms in total. The van der Waals surface area contributed by atoms with Gasteiger partial charge in [-0.15, -0.1) is 0 Å². The van der Waals surface area contributed by atoms with E-state index in [9.17, 15) is 12.8 Å². The first kappa shape index (κ1) is 19.2. The van der Waals surface area contributed by atoms with Crippen molar-refractivity contribution in [1.29, 1.82) is 0 Å². The van der Waals surface area contributed by atoms with Crippen molar-refractivity contribution in [2.24, 2.45) is 0 Å².